The third-order valence-corrected chi connectivity index (χ3v) is 4.36. The highest BCUT2D eigenvalue weighted by Crippen LogP contribution is 2.26. The molecular weight excluding hydrogens is 322 g/mol. The van der Waals surface area contributed by atoms with Crippen LogP contribution in [-0.2, 0) is 17.8 Å². The number of carbonyl (C=O) groups excluding carboxylic acids is 1. The van der Waals surface area contributed by atoms with Gasteiger partial charge in [-0.2, -0.15) is 5.26 Å². The summed E-state index contributed by atoms with van der Waals surface area (Å²) >= 11 is 1.54. The van der Waals surface area contributed by atoms with Crippen molar-refractivity contribution in [3.05, 3.63) is 64.4 Å². The molecule has 0 fully saturated rings. The molecule has 2 aromatic heterocycles. The molecule has 1 amide bonds. The minimum absolute atomic E-state index is 0.133. The van der Waals surface area contributed by atoms with E-state index in [1.165, 1.54) is 0 Å². The van der Waals surface area contributed by atoms with Crippen molar-refractivity contribution in [2.45, 2.75) is 19.9 Å². The molecule has 5 nitrogen and oxygen atoms in total. The number of thiophene rings is 1. The van der Waals surface area contributed by atoms with Gasteiger partial charge in [-0.1, -0.05) is 18.2 Å². The maximum Gasteiger partial charge on any atom is 0.236 e. The number of benzene rings is 1. The maximum absolute atomic E-state index is 12.1. The van der Waals surface area contributed by atoms with Crippen molar-refractivity contribution in [2.24, 2.45) is 0 Å². The number of rotatable bonds is 5. The Hall–Kier alpha value is -2.91. The molecule has 3 aromatic rings. The van der Waals surface area contributed by atoms with Crippen LogP contribution in [0.15, 0.2) is 46.2 Å². The molecule has 0 saturated carbocycles. The summed E-state index contributed by atoms with van der Waals surface area (Å²) in [4.78, 5) is 17.5. The third-order valence-electron chi connectivity index (χ3n) is 3.50. The first-order chi connectivity index (χ1) is 11.7. The molecule has 2 heterocycles. The lowest BCUT2D eigenvalue weighted by Crippen LogP contribution is -2.25. The van der Waals surface area contributed by atoms with Crippen LogP contribution in [-0.4, -0.2) is 10.9 Å². The van der Waals surface area contributed by atoms with Gasteiger partial charge in [0.15, 0.2) is 0 Å². The number of carbonyl (C=O) groups is 1. The van der Waals surface area contributed by atoms with Gasteiger partial charge in [0.25, 0.3) is 0 Å². The molecule has 6 heteroatoms. The highest BCUT2D eigenvalue weighted by Gasteiger charge is 2.15. The average molecular weight is 337 g/mol. The third kappa shape index (κ3) is 3.70. The van der Waals surface area contributed by atoms with E-state index in [1.54, 1.807) is 29.5 Å². The predicted molar refractivity (Wildman–Crippen MR) is 91.3 cm³/mol. The molecule has 3 rings (SSSR count). The molecule has 1 aromatic carbocycles. The standard InChI is InChI=1S/C18H15N3O2S/c1-12-15(21-18(23-12)16-6-3-7-24-16)9-17(22)20-11-14-5-2-4-13(8-14)10-19/h2-8H,9,11H2,1H3,(H,20,22). The summed E-state index contributed by atoms with van der Waals surface area (Å²) in [5.74, 6) is 1.07. The second-order valence-corrected chi connectivity index (χ2v) is 6.21. The van der Waals surface area contributed by atoms with Crippen molar-refractivity contribution in [1.82, 2.24) is 10.3 Å². The number of hydrogen-bond donors (Lipinski definition) is 1. The molecule has 0 aliphatic heterocycles. The fourth-order valence-corrected chi connectivity index (χ4v) is 2.91. The van der Waals surface area contributed by atoms with Crippen LogP contribution < -0.4 is 5.32 Å². The Balaban J connectivity index is 1.62. The molecular formula is C18H15N3O2S. The summed E-state index contributed by atoms with van der Waals surface area (Å²) in [6, 6.07) is 13.1. The molecule has 0 radical (unpaired) electrons. The van der Waals surface area contributed by atoms with Crippen LogP contribution in [0.4, 0.5) is 0 Å². The van der Waals surface area contributed by atoms with E-state index in [2.05, 4.69) is 16.4 Å². The number of aryl methyl sites for hydroxylation is 1. The molecule has 120 valence electrons. The van der Waals surface area contributed by atoms with Gasteiger partial charge in [0.05, 0.1) is 28.6 Å². The Kier molecular flexibility index (Phi) is 4.73. The van der Waals surface area contributed by atoms with Crippen molar-refractivity contribution in [3.63, 3.8) is 0 Å². The first-order valence-electron chi connectivity index (χ1n) is 7.41. The quantitative estimate of drug-likeness (QED) is 0.773. The number of amides is 1. The molecule has 0 aliphatic carbocycles. The lowest BCUT2D eigenvalue weighted by molar-refractivity contribution is -0.120. The number of aromatic nitrogens is 1. The molecule has 1 N–H and O–H groups in total. The molecule has 0 aliphatic rings. The van der Waals surface area contributed by atoms with Crippen LogP contribution >= 0.6 is 11.3 Å². The SMILES string of the molecule is Cc1oc(-c2cccs2)nc1CC(=O)NCc1cccc(C#N)c1. The molecule has 0 spiro atoms. The summed E-state index contributed by atoms with van der Waals surface area (Å²) in [5.41, 5.74) is 2.11. The zero-order valence-electron chi connectivity index (χ0n) is 13.1. The molecule has 0 bridgehead atoms. The van der Waals surface area contributed by atoms with Gasteiger partial charge in [0.1, 0.15) is 5.76 Å². The summed E-state index contributed by atoms with van der Waals surface area (Å²) in [6.45, 7) is 2.19. The van der Waals surface area contributed by atoms with Crippen molar-refractivity contribution in [2.75, 3.05) is 0 Å². The van der Waals surface area contributed by atoms with Gasteiger partial charge >= 0.3 is 0 Å². The molecule has 24 heavy (non-hydrogen) atoms. The maximum atomic E-state index is 12.1. The van der Waals surface area contributed by atoms with E-state index in [0.29, 0.717) is 29.5 Å². The first kappa shape index (κ1) is 16.0. The molecule has 0 saturated heterocycles. The fraction of sp³-hybridized carbons (Fsp3) is 0.167. The van der Waals surface area contributed by atoms with E-state index in [1.807, 2.05) is 30.5 Å². The van der Waals surface area contributed by atoms with E-state index in [-0.39, 0.29) is 12.3 Å². The van der Waals surface area contributed by atoms with E-state index < -0.39 is 0 Å². The lowest BCUT2D eigenvalue weighted by Gasteiger charge is -2.04. The zero-order chi connectivity index (χ0) is 16.9. The van der Waals surface area contributed by atoms with Crippen LogP contribution in [0.2, 0.25) is 0 Å². The number of oxazole rings is 1. The zero-order valence-corrected chi connectivity index (χ0v) is 13.9. The Morgan fingerprint density at radius 3 is 3.00 bits per heavy atom. The minimum Gasteiger partial charge on any atom is -0.440 e. The largest absolute Gasteiger partial charge is 0.440 e. The van der Waals surface area contributed by atoms with E-state index in [0.717, 1.165) is 10.4 Å². The smallest absolute Gasteiger partial charge is 0.236 e. The van der Waals surface area contributed by atoms with Gasteiger partial charge in [0.2, 0.25) is 11.8 Å². The highest BCUT2D eigenvalue weighted by atomic mass is 32.1. The highest BCUT2D eigenvalue weighted by molar-refractivity contribution is 7.13. The fourth-order valence-electron chi connectivity index (χ4n) is 2.26. The van der Waals surface area contributed by atoms with Gasteiger partial charge < -0.3 is 9.73 Å². The van der Waals surface area contributed by atoms with E-state index in [4.69, 9.17) is 9.68 Å². The first-order valence-corrected chi connectivity index (χ1v) is 8.29. The number of hydrogen-bond acceptors (Lipinski definition) is 5. The van der Waals surface area contributed by atoms with Crippen molar-refractivity contribution < 1.29 is 9.21 Å². The monoisotopic (exact) mass is 337 g/mol. The topological polar surface area (TPSA) is 78.9 Å². The predicted octanol–water partition coefficient (Wildman–Crippen LogP) is 3.44. The van der Waals surface area contributed by atoms with E-state index >= 15 is 0 Å². The number of nitriles is 1. The number of nitrogens with zero attached hydrogens (tertiary/aromatic N) is 2. The Bertz CT molecular complexity index is 891. The second kappa shape index (κ2) is 7.11. The van der Waals surface area contributed by atoms with Crippen molar-refractivity contribution >= 4 is 17.2 Å². The van der Waals surface area contributed by atoms with Crippen molar-refractivity contribution in [3.8, 4) is 16.8 Å². The van der Waals surface area contributed by atoms with Gasteiger partial charge in [0, 0.05) is 6.54 Å². The van der Waals surface area contributed by atoms with Crippen LogP contribution in [0.5, 0.6) is 0 Å². The Morgan fingerprint density at radius 1 is 1.38 bits per heavy atom. The summed E-state index contributed by atoms with van der Waals surface area (Å²) in [6.07, 6.45) is 0.165. The van der Waals surface area contributed by atoms with Crippen molar-refractivity contribution in [1.29, 1.82) is 5.26 Å². The van der Waals surface area contributed by atoms with Crippen LogP contribution in [0, 0.1) is 18.3 Å². The van der Waals surface area contributed by atoms with Crippen LogP contribution in [0.25, 0.3) is 10.8 Å². The normalized spacial score (nSPS) is 10.3. The summed E-state index contributed by atoms with van der Waals surface area (Å²) in [5, 5.41) is 13.7. The summed E-state index contributed by atoms with van der Waals surface area (Å²) < 4.78 is 5.64. The molecule has 0 unspecified atom stereocenters. The van der Waals surface area contributed by atoms with Gasteiger partial charge in [-0.15, -0.1) is 11.3 Å². The number of nitrogens with one attached hydrogen (secondary N) is 1. The van der Waals surface area contributed by atoms with Gasteiger partial charge in [-0.05, 0) is 36.1 Å². The summed E-state index contributed by atoms with van der Waals surface area (Å²) in [7, 11) is 0. The Morgan fingerprint density at radius 2 is 2.25 bits per heavy atom. The lowest BCUT2D eigenvalue weighted by atomic mass is 10.1. The second-order valence-electron chi connectivity index (χ2n) is 5.26. The van der Waals surface area contributed by atoms with Gasteiger partial charge in [-0.25, -0.2) is 4.98 Å². The molecule has 0 atom stereocenters. The Labute approximate surface area is 143 Å². The average Bonchev–Trinajstić information content (AvgIpc) is 3.24. The van der Waals surface area contributed by atoms with Crippen LogP contribution in [0.3, 0.4) is 0 Å². The van der Waals surface area contributed by atoms with Gasteiger partial charge in [-0.3, -0.25) is 4.79 Å². The van der Waals surface area contributed by atoms with Crippen LogP contribution in [0.1, 0.15) is 22.6 Å². The van der Waals surface area contributed by atoms with E-state index in [9.17, 15) is 4.79 Å². The minimum atomic E-state index is -0.133.